The molecule has 122 valence electrons. The number of ether oxygens (including phenoxy) is 2. The third-order valence-corrected chi connectivity index (χ3v) is 3.16. The lowest BCUT2D eigenvalue weighted by Crippen LogP contribution is -2.31. The summed E-state index contributed by atoms with van der Waals surface area (Å²) in [6.45, 7) is 1.50. The Bertz CT molecular complexity index is 682. The van der Waals surface area contributed by atoms with Gasteiger partial charge in [-0.3, -0.25) is 9.59 Å². The number of hydrogen-bond donors (Lipinski definition) is 2. The van der Waals surface area contributed by atoms with Crippen molar-refractivity contribution in [2.75, 3.05) is 13.7 Å². The predicted octanol–water partition coefficient (Wildman–Crippen LogP) is 1.64. The molecule has 23 heavy (non-hydrogen) atoms. The van der Waals surface area contributed by atoms with E-state index in [4.69, 9.17) is 19.6 Å². The number of methoxy groups -OCH3 is 1. The SMILES string of the molecule is COc1cccc(C(N)=O)c1OCC(=O)NC(C)c1ccco1. The van der Waals surface area contributed by atoms with Gasteiger partial charge >= 0.3 is 0 Å². The molecule has 0 fully saturated rings. The lowest BCUT2D eigenvalue weighted by Gasteiger charge is -2.15. The minimum Gasteiger partial charge on any atom is -0.493 e. The summed E-state index contributed by atoms with van der Waals surface area (Å²) in [5.74, 6) is 0.0726. The number of carbonyl (C=O) groups excluding carboxylic acids is 2. The van der Waals surface area contributed by atoms with E-state index >= 15 is 0 Å². The Morgan fingerprint density at radius 1 is 1.30 bits per heavy atom. The number of primary amides is 1. The normalized spacial score (nSPS) is 11.6. The molecule has 2 rings (SSSR count). The first-order valence-electron chi connectivity index (χ1n) is 6.95. The van der Waals surface area contributed by atoms with Gasteiger partial charge in [-0.05, 0) is 31.2 Å². The summed E-state index contributed by atoms with van der Waals surface area (Å²) in [5.41, 5.74) is 5.45. The number of rotatable bonds is 7. The van der Waals surface area contributed by atoms with Crippen molar-refractivity contribution >= 4 is 11.8 Å². The molecule has 1 unspecified atom stereocenters. The average Bonchev–Trinajstić information content (AvgIpc) is 3.06. The van der Waals surface area contributed by atoms with E-state index in [1.165, 1.54) is 19.4 Å². The van der Waals surface area contributed by atoms with E-state index in [1.54, 1.807) is 31.2 Å². The largest absolute Gasteiger partial charge is 0.493 e. The molecule has 1 aromatic heterocycles. The van der Waals surface area contributed by atoms with Crippen LogP contribution in [-0.2, 0) is 4.79 Å². The molecule has 2 aromatic rings. The van der Waals surface area contributed by atoms with Gasteiger partial charge < -0.3 is 24.9 Å². The summed E-state index contributed by atoms with van der Waals surface area (Å²) >= 11 is 0. The Hall–Kier alpha value is -2.96. The summed E-state index contributed by atoms with van der Waals surface area (Å²) in [7, 11) is 1.44. The molecular formula is C16H18N2O5. The van der Waals surface area contributed by atoms with Crippen molar-refractivity contribution in [3.63, 3.8) is 0 Å². The Balaban J connectivity index is 2.03. The molecule has 7 nitrogen and oxygen atoms in total. The molecule has 1 heterocycles. The van der Waals surface area contributed by atoms with Gasteiger partial charge in [-0.25, -0.2) is 0 Å². The van der Waals surface area contributed by atoms with Crippen LogP contribution in [0.15, 0.2) is 41.0 Å². The number of furan rings is 1. The van der Waals surface area contributed by atoms with Crippen LogP contribution >= 0.6 is 0 Å². The van der Waals surface area contributed by atoms with E-state index < -0.39 is 5.91 Å². The van der Waals surface area contributed by atoms with E-state index in [0.29, 0.717) is 11.5 Å². The first-order valence-corrected chi connectivity index (χ1v) is 6.95. The molecule has 0 bridgehead atoms. The molecule has 0 spiro atoms. The molecule has 3 N–H and O–H groups in total. The van der Waals surface area contributed by atoms with E-state index in [2.05, 4.69) is 5.32 Å². The van der Waals surface area contributed by atoms with Crippen LogP contribution in [0.5, 0.6) is 11.5 Å². The van der Waals surface area contributed by atoms with Gasteiger partial charge in [0.1, 0.15) is 5.76 Å². The molecule has 0 radical (unpaired) electrons. The van der Waals surface area contributed by atoms with Gasteiger partial charge in [-0.15, -0.1) is 0 Å². The number of nitrogens with two attached hydrogens (primary N) is 1. The van der Waals surface area contributed by atoms with Crippen molar-refractivity contribution < 1.29 is 23.5 Å². The van der Waals surface area contributed by atoms with Crippen LogP contribution in [0, 0.1) is 0 Å². The zero-order chi connectivity index (χ0) is 16.8. The van der Waals surface area contributed by atoms with Crippen molar-refractivity contribution in [1.29, 1.82) is 0 Å². The number of benzene rings is 1. The number of nitrogens with one attached hydrogen (secondary N) is 1. The van der Waals surface area contributed by atoms with Gasteiger partial charge in [0.25, 0.3) is 11.8 Å². The zero-order valence-corrected chi connectivity index (χ0v) is 12.9. The monoisotopic (exact) mass is 318 g/mol. The van der Waals surface area contributed by atoms with Gasteiger partial charge in [0, 0.05) is 0 Å². The van der Waals surface area contributed by atoms with E-state index in [9.17, 15) is 9.59 Å². The molecule has 0 aliphatic carbocycles. The minimum absolute atomic E-state index is 0.142. The fourth-order valence-corrected chi connectivity index (χ4v) is 2.05. The molecule has 1 aromatic carbocycles. The van der Waals surface area contributed by atoms with Crippen LogP contribution in [0.25, 0.3) is 0 Å². The molecular weight excluding hydrogens is 300 g/mol. The standard InChI is InChI=1S/C16H18N2O5/c1-10(12-7-4-8-22-12)18-14(19)9-23-15-11(16(17)20)5-3-6-13(15)21-2/h3-8,10H,9H2,1-2H3,(H2,17,20)(H,18,19). The summed E-state index contributed by atoms with van der Waals surface area (Å²) in [4.78, 5) is 23.4. The highest BCUT2D eigenvalue weighted by atomic mass is 16.5. The van der Waals surface area contributed by atoms with Crippen molar-refractivity contribution in [3.8, 4) is 11.5 Å². The van der Waals surface area contributed by atoms with Gasteiger partial charge in [0.05, 0.1) is 25.0 Å². The first kappa shape index (κ1) is 16.4. The fraction of sp³-hybridized carbons (Fsp3) is 0.250. The quantitative estimate of drug-likeness (QED) is 0.807. The van der Waals surface area contributed by atoms with Crippen molar-refractivity contribution in [2.24, 2.45) is 5.73 Å². The minimum atomic E-state index is -0.664. The molecule has 0 aliphatic heterocycles. The topological polar surface area (TPSA) is 104 Å². The Kier molecular flexibility index (Phi) is 5.24. The highest BCUT2D eigenvalue weighted by molar-refractivity contribution is 5.96. The van der Waals surface area contributed by atoms with Gasteiger partial charge in [0.2, 0.25) is 0 Å². The van der Waals surface area contributed by atoms with Gasteiger partial charge in [-0.2, -0.15) is 0 Å². The molecule has 1 atom stereocenters. The third-order valence-electron chi connectivity index (χ3n) is 3.16. The third kappa shape index (κ3) is 4.03. The Labute approximate surface area is 133 Å². The first-order chi connectivity index (χ1) is 11.0. The number of amides is 2. The van der Waals surface area contributed by atoms with E-state index in [1.807, 2.05) is 0 Å². The second-order valence-corrected chi connectivity index (χ2v) is 4.79. The maximum absolute atomic E-state index is 12.0. The summed E-state index contributed by atoms with van der Waals surface area (Å²) in [6.07, 6.45) is 1.53. The van der Waals surface area contributed by atoms with Gasteiger partial charge in [-0.1, -0.05) is 6.07 Å². The second kappa shape index (κ2) is 7.35. The maximum atomic E-state index is 12.0. The van der Waals surface area contributed by atoms with E-state index in [-0.39, 0.29) is 29.9 Å². The number of hydrogen-bond acceptors (Lipinski definition) is 5. The van der Waals surface area contributed by atoms with Crippen LogP contribution in [0.3, 0.4) is 0 Å². The highest BCUT2D eigenvalue weighted by Crippen LogP contribution is 2.30. The molecule has 0 saturated carbocycles. The number of para-hydroxylation sites is 1. The fourth-order valence-electron chi connectivity index (χ4n) is 2.05. The van der Waals surface area contributed by atoms with Crippen LogP contribution in [0.1, 0.15) is 29.1 Å². The maximum Gasteiger partial charge on any atom is 0.258 e. The van der Waals surface area contributed by atoms with Crippen LogP contribution in [-0.4, -0.2) is 25.5 Å². The molecule has 0 saturated heterocycles. The molecule has 0 aliphatic rings. The highest BCUT2D eigenvalue weighted by Gasteiger charge is 2.17. The molecule has 7 heteroatoms. The second-order valence-electron chi connectivity index (χ2n) is 4.79. The van der Waals surface area contributed by atoms with Crippen LogP contribution in [0.2, 0.25) is 0 Å². The van der Waals surface area contributed by atoms with Gasteiger partial charge in [0.15, 0.2) is 18.1 Å². The lowest BCUT2D eigenvalue weighted by molar-refractivity contribution is -0.123. The summed E-state index contributed by atoms with van der Waals surface area (Å²) in [5, 5.41) is 2.72. The zero-order valence-electron chi connectivity index (χ0n) is 12.9. The predicted molar refractivity (Wildman–Crippen MR) is 82.3 cm³/mol. The Morgan fingerprint density at radius 3 is 2.70 bits per heavy atom. The van der Waals surface area contributed by atoms with Crippen molar-refractivity contribution in [1.82, 2.24) is 5.32 Å². The van der Waals surface area contributed by atoms with Crippen LogP contribution < -0.4 is 20.5 Å². The van der Waals surface area contributed by atoms with E-state index in [0.717, 1.165) is 0 Å². The van der Waals surface area contributed by atoms with Crippen molar-refractivity contribution in [2.45, 2.75) is 13.0 Å². The average molecular weight is 318 g/mol. The Morgan fingerprint density at radius 2 is 2.09 bits per heavy atom. The molecule has 2 amide bonds. The smallest absolute Gasteiger partial charge is 0.258 e. The number of carbonyl (C=O) groups is 2. The van der Waals surface area contributed by atoms with Crippen LogP contribution in [0.4, 0.5) is 0 Å². The summed E-state index contributed by atoms with van der Waals surface area (Å²) in [6, 6.07) is 7.94. The summed E-state index contributed by atoms with van der Waals surface area (Å²) < 4.78 is 15.8. The lowest BCUT2D eigenvalue weighted by atomic mass is 10.2. The van der Waals surface area contributed by atoms with Crippen molar-refractivity contribution in [3.05, 3.63) is 47.9 Å².